The minimum atomic E-state index is -1.06. The number of halogens is 1. The second kappa shape index (κ2) is 11.8. The van der Waals surface area contributed by atoms with E-state index in [2.05, 4.69) is 34.6 Å². The molecule has 0 bridgehead atoms. The summed E-state index contributed by atoms with van der Waals surface area (Å²) in [6, 6.07) is 0. The van der Waals surface area contributed by atoms with Gasteiger partial charge in [-0.25, -0.2) is 4.39 Å². The Hall–Kier alpha value is -0.110. The van der Waals surface area contributed by atoms with Gasteiger partial charge in [-0.2, -0.15) is 0 Å². The average Bonchev–Trinajstić information content (AvgIpc) is 2.67. The minimum Gasteiger partial charge on any atom is -0.393 e. The molecule has 0 heterocycles. The first kappa shape index (κ1) is 27.1. The molecule has 0 aromatic rings. The lowest BCUT2D eigenvalue weighted by Crippen LogP contribution is -2.35. The van der Waals surface area contributed by atoms with Crippen LogP contribution in [0.3, 0.4) is 0 Å². The summed E-state index contributed by atoms with van der Waals surface area (Å²) in [6.45, 7) is 15.5. The summed E-state index contributed by atoms with van der Waals surface area (Å²) < 4.78 is 14.3. The Labute approximate surface area is 194 Å². The Balaban J connectivity index is 1.63. The predicted octanol–water partition coefficient (Wildman–Crippen LogP) is 8.98. The zero-order chi connectivity index (χ0) is 23.2. The fraction of sp³-hybridized carbons (Fsp3) is 1.00. The van der Waals surface area contributed by atoms with E-state index in [0.717, 1.165) is 56.3 Å². The van der Waals surface area contributed by atoms with Gasteiger partial charge in [0, 0.05) is 0 Å². The maximum Gasteiger partial charge on any atom is 0.108 e. The molecule has 1 unspecified atom stereocenters. The van der Waals surface area contributed by atoms with Gasteiger partial charge in [0.05, 0.1) is 6.10 Å². The third-order valence-electron chi connectivity index (χ3n) is 9.43. The van der Waals surface area contributed by atoms with Crippen LogP contribution in [0.15, 0.2) is 0 Å². The van der Waals surface area contributed by atoms with E-state index in [1.165, 1.54) is 44.9 Å². The van der Waals surface area contributed by atoms with Crippen molar-refractivity contribution in [2.45, 2.75) is 144 Å². The van der Waals surface area contributed by atoms with E-state index in [0.29, 0.717) is 17.3 Å². The van der Waals surface area contributed by atoms with Gasteiger partial charge in [-0.3, -0.25) is 0 Å². The second-order valence-corrected chi connectivity index (χ2v) is 13.3. The molecule has 0 amide bonds. The monoisotopic (exact) mass is 438 g/mol. The molecule has 5 atom stereocenters. The van der Waals surface area contributed by atoms with Gasteiger partial charge in [-0.1, -0.05) is 53.9 Å². The third kappa shape index (κ3) is 9.34. The number of hydrogen-bond acceptors (Lipinski definition) is 1. The van der Waals surface area contributed by atoms with Crippen molar-refractivity contribution in [3.05, 3.63) is 0 Å². The molecule has 2 aliphatic rings. The van der Waals surface area contributed by atoms with Crippen LogP contribution < -0.4 is 0 Å². The molecule has 0 spiro atoms. The smallest absolute Gasteiger partial charge is 0.108 e. The predicted molar refractivity (Wildman–Crippen MR) is 133 cm³/mol. The molecular weight excluding hydrogens is 383 g/mol. The summed E-state index contributed by atoms with van der Waals surface area (Å²) in [5.74, 6) is 4.05. The Morgan fingerprint density at radius 3 is 2.13 bits per heavy atom. The maximum absolute atomic E-state index is 14.3. The van der Waals surface area contributed by atoms with Gasteiger partial charge in [0.15, 0.2) is 0 Å². The molecule has 2 rings (SSSR count). The SMILES string of the molecule is CC1CCC(C(C)CCC(C)(C)CCC[C@H](O)C[C@H]2CC[C@@H](C(C)(C)F)C[C@H]2C)CC1. The van der Waals surface area contributed by atoms with Crippen molar-refractivity contribution in [1.29, 1.82) is 0 Å². The molecule has 31 heavy (non-hydrogen) atoms. The number of alkyl halides is 1. The lowest BCUT2D eigenvalue weighted by Gasteiger charge is -2.39. The summed E-state index contributed by atoms with van der Waals surface area (Å²) in [5.41, 5.74) is -0.676. The minimum absolute atomic E-state index is 0.179. The van der Waals surface area contributed by atoms with Crippen LogP contribution in [-0.4, -0.2) is 16.9 Å². The van der Waals surface area contributed by atoms with Gasteiger partial charge in [-0.05, 0) is 119 Å². The van der Waals surface area contributed by atoms with Crippen molar-refractivity contribution < 1.29 is 9.50 Å². The van der Waals surface area contributed by atoms with Crippen LogP contribution in [-0.2, 0) is 0 Å². The summed E-state index contributed by atoms with van der Waals surface area (Å²) in [4.78, 5) is 0. The summed E-state index contributed by atoms with van der Waals surface area (Å²) >= 11 is 0. The van der Waals surface area contributed by atoms with Gasteiger partial charge < -0.3 is 5.11 Å². The Morgan fingerprint density at radius 2 is 1.55 bits per heavy atom. The van der Waals surface area contributed by atoms with Crippen molar-refractivity contribution in [3.63, 3.8) is 0 Å². The van der Waals surface area contributed by atoms with Crippen LogP contribution in [0.5, 0.6) is 0 Å². The largest absolute Gasteiger partial charge is 0.393 e. The zero-order valence-corrected chi connectivity index (χ0v) is 22.1. The van der Waals surface area contributed by atoms with Crippen molar-refractivity contribution in [3.8, 4) is 0 Å². The molecule has 2 saturated carbocycles. The van der Waals surface area contributed by atoms with E-state index in [1.807, 2.05) is 0 Å². The molecule has 2 aliphatic carbocycles. The molecule has 2 heteroatoms. The molecule has 1 nitrogen and oxygen atoms in total. The summed E-state index contributed by atoms with van der Waals surface area (Å²) in [7, 11) is 0. The van der Waals surface area contributed by atoms with Crippen LogP contribution >= 0.6 is 0 Å². The third-order valence-corrected chi connectivity index (χ3v) is 9.43. The lowest BCUT2D eigenvalue weighted by molar-refractivity contribution is 0.0347. The van der Waals surface area contributed by atoms with E-state index in [1.54, 1.807) is 13.8 Å². The topological polar surface area (TPSA) is 20.2 Å². The number of aliphatic hydroxyl groups is 1. The van der Waals surface area contributed by atoms with E-state index in [-0.39, 0.29) is 12.0 Å². The van der Waals surface area contributed by atoms with Crippen LogP contribution in [0.2, 0.25) is 0 Å². The molecule has 0 saturated heterocycles. The van der Waals surface area contributed by atoms with Crippen LogP contribution in [0.1, 0.15) is 132 Å². The highest BCUT2D eigenvalue weighted by molar-refractivity contribution is 4.87. The first-order valence-electron chi connectivity index (χ1n) is 13.7. The van der Waals surface area contributed by atoms with Gasteiger partial charge in [-0.15, -0.1) is 0 Å². The number of hydrogen-bond donors (Lipinski definition) is 1. The summed E-state index contributed by atoms with van der Waals surface area (Å²) in [6.07, 6.45) is 15.5. The Morgan fingerprint density at radius 1 is 0.903 bits per heavy atom. The standard InChI is InChI=1S/C29H55FO/c1-21-10-12-24(13-11-21)22(2)16-18-28(4,5)17-8-9-27(31)20-25-14-15-26(19-23(25)3)29(6,7)30/h21-27,31H,8-20H2,1-7H3/t21?,22?,23-,24?,25-,26-,27+/m1/s1. The normalized spacial score (nSPS) is 32.6. The van der Waals surface area contributed by atoms with Crippen LogP contribution in [0, 0.1) is 40.9 Å². The molecule has 1 N–H and O–H groups in total. The fourth-order valence-electron chi connectivity index (χ4n) is 6.55. The van der Waals surface area contributed by atoms with Crippen molar-refractivity contribution >= 4 is 0 Å². The fourth-order valence-corrected chi connectivity index (χ4v) is 6.55. The van der Waals surface area contributed by atoms with Crippen molar-refractivity contribution in [2.24, 2.45) is 40.9 Å². The Bertz CT molecular complexity index is 499. The molecular formula is C29H55FO. The first-order chi connectivity index (χ1) is 14.4. The molecule has 0 aliphatic heterocycles. The molecule has 0 aromatic heterocycles. The average molecular weight is 439 g/mol. The highest BCUT2D eigenvalue weighted by atomic mass is 19.1. The van der Waals surface area contributed by atoms with E-state index in [9.17, 15) is 9.50 Å². The van der Waals surface area contributed by atoms with E-state index in [4.69, 9.17) is 0 Å². The number of rotatable bonds is 11. The molecule has 0 radical (unpaired) electrons. The van der Waals surface area contributed by atoms with Gasteiger partial charge in [0.1, 0.15) is 5.67 Å². The lowest BCUT2D eigenvalue weighted by atomic mass is 9.68. The maximum atomic E-state index is 14.3. The van der Waals surface area contributed by atoms with Crippen molar-refractivity contribution in [1.82, 2.24) is 0 Å². The first-order valence-corrected chi connectivity index (χ1v) is 13.7. The van der Waals surface area contributed by atoms with E-state index < -0.39 is 5.67 Å². The van der Waals surface area contributed by atoms with Crippen LogP contribution in [0.4, 0.5) is 4.39 Å². The van der Waals surface area contributed by atoms with Gasteiger partial charge >= 0.3 is 0 Å². The molecule has 2 fully saturated rings. The second-order valence-electron chi connectivity index (χ2n) is 13.3. The van der Waals surface area contributed by atoms with Gasteiger partial charge in [0.25, 0.3) is 0 Å². The van der Waals surface area contributed by atoms with Crippen LogP contribution in [0.25, 0.3) is 0 Å². The zero-order valence-electron chi connectivity index (χ0n) is 22.1. The van der Waals surface area contributed by atoms with Crippen molar-refractivity contribution in [2.75, 3.05) is 0 Å². The molecule has 184 valence electrons. The quantitative estimate of drug-likeness (QED) is 0.341. The highest BCUT2D eigenvalue weighted by Crippen LogP contribution is 2.43. The summed E-state index contributed by atoms with van der Waals surface area (Å²) in [5, 5.41) is 10.7. The number of aliphatic hydroxyl groups excluding tert-OH is 1. The molecule has 0 aromatic carbocycles. The van der Waals surface area contributed by atoms with Gasteiger partial charge in [0.2, 0.25) is 0 Å². The van der Waals surface area contributed by atoms with E-state index >= 15 is 0 Å². The Kier molecular flexibility index (Phi) is 10.4. The highest BCUT2D eigenvalue weighted by Gasteiger charge is 2.37.